The van der Waals surface area contributed by atoms with Crippen molar-refractivity contribution in [2.45, 2.75) is 13.0 Å². The molecule has 3 aromatic rings. The lowest BCUT2D eigenvalue weighted by atomic mass is 10.1. The van der Waals surface area contributed by atoms with Crippen LogP contribution in [-0.4, -0.2) is 32.7 Å². The molecule has 9 heteroatoms. The second-order valence-corrected chi connectivity index (χ2v) is 6.16. The van der Waals surface area contributed by atoms with Gasteiger partial charge in [0.15, 0.2) is 11.8 Å². The monoisotopic (exact) mass is 386 g/mol. The number of aromatic nitrogens is 3. The molecule has 3 rings (SSSR count). The second kappa shape index (κ2) is 7.55. The number of fused-ring (bicyclic) bond motifs is 1. The van der Waals surface area contributed by atoms with Crippen LogP contribution >= 0.6 is 11.6 Å². The van der Waals surface area contributed by atoms with Gasteiger partial charge < -0.3 is 10.1 Å². The lowest BCUT2D eigenvalue weighted by Crippen LogP contribution is -2.31. The van der Waals surface area contributed by atoms with Gasteiger partial charge in [-0.3, -0.25) is 9.59 Å². The lowest BCUT2D eigenvalue weighted by molar-refractivity contribution is -0.123. The van der Waals surface area contributed by atoms with Crippen molar-refractivity contribution in [1.82, 2.24) is 14.8 Å². The van der Waals surface area contributed by atoms with Crippen LogP contribution < -0.4 is 10.9 Å². The summed E-state index contributed by atoms with van der Waals surface area (Å²) in [6, 6.07) is 9.66. The van der Waals surface area contributed by atoms with Crippen LogP contribution in [-0.2, 0) is 16.6 Å². The molecule has 1 N–H and O–H groups in total. The third-order valence-electron chi connectivity index (χ3n) is 3.78. The van der Waals surface area contributed by atoms with Gasteiger partial charge in [-0.25, -0.2) is 14.5 Å². The number of hydrogen-bond donors (Lipinski definition) is 1. The maximum atomic E-state index is 12.5. The standard InChI is InChI=1S/C18H15ClN4O4/c1-10(16(24)21-14-8-7-11(19)9-20-14)27-18(26)15-12-5-3-4-6-13(12)17(25)23(2)22-15/h3-10H,1-2H3,(H,20,21,24)/t10-/m1/s1. The van der Waals surface area contributed by atoms with E-state index in [1.807, 2.05) is 0 Å². The van der Waals surface area contributed by atoms with Crippen LogP contribution in [0.5, 0.6) is 0 Å². The second-order valence-electron chi connectivity index (χ2n) is 5.72. The molecule has 0 spiro atoms. The summed E-state index contributed by atoms with van der Waals surface area (Å²) in [5, 5.41) is 7.63. The van der Waals surface area contributed by atoms with Crippen molar-refractivity contribution in [3.05, 3.63) is 63.7 Å². The van der Waals surface area contributed by atoms with Crippen LogP contribution in [0.4, 0.5) is 5.82 Å². The Morgan fingerprint density at radius 3 is 2.56 bits per heavy atom. The Balaban J connectivity index is 1.80. The number of ether oxygens (including phenoxy) is 1. The van der Waals surface area contributed by atoms with Crippen LogP contribution in [0.3, 0.4) is 0 Å². The Kier molecular flexibility index (Phi) is 5.18. The van der Waals surface area contributed by atoms with Gasteiger partial charge in [-0.15, -0.1) is 0 Å². The van der Waals surface area contributed by atoms with E-state index >= 15 is 0 Å². The number of amides is 1. The molecule has 0 saturated carbocycles. The Labute approximate surface area is 158 Å². The van der Waals surface area contributed by atoms with Crippen LogP contribution in [0.25, 0.3) is 10.8 Å². The summed E-state index contributed by atoms with van der Waals surface area (Å²) < 4.78 is 6.27. The molecule has 1 aromatic carbocycles. The topological polar surface area (TPSA) is 103 Å². The fourth-order valence-corrected chi connectivity index (χ4v) is 2.51. The number of nitrogens with zero attached hydrogens (tertiary/aromatic N) is 3. The minimum absolute atomic E-state index is 0.0445. The normalized spacial score (nSPS) is 11.8. The summed E-state index contributed by atoms with van der Waals surface area (Å²) >= 11 is 5.74. The highest BCUT2D eigenvalue weighted by Crippen LogP contribution is 2.15. The minimum atomic E-state index is -1.10. The maximum Gasteiger partial charge on any atom is 0.360 e. The third kappa shape index (κ3) is 3.95. The number of esters is 1. The number of hydrogen-bond acceptors (Lipinski definition) is 6. The van der Waals surface area contributed by atoms with Gasteiger partial charge in [-0.2, -0.15) is 5.10 Å². The lowest BCUT2D eigenvalue weighted by Gasteiger charge is -2.14. The molecule has 2 heterocycles. The first-order valence-electron chi connectivity index (χ1n) is 7.96. The Hall–Kier alpha value is -3.26. The van der Waals surface area contributed by atoms with E-state index < -0.39 is 18.0 Å². The molecule has 1 atom stereocenters. The molecular formula is C18H15ClN4O4. The van der Waals surface area contributed by atoms with Gasteiger partial charge in [0.05, 0.1) is 10.4 Å². The Morgan fingerprint density at radius 1 is 1.19 bits per heavy atom. The van der Waals surface area contributed by atoms with Crippen LogP contribution in [0.1, 0.15) is 17.4 Å². The number of carbonyl (C=O) groups is 2. The van der Waals surface area contributed by atoms with Crippen molar-refractivity contribution >= 4 is 40.1 Å². The van der Waals surface area contributed by atoms with E-state index in [9.17, 15) is 14.4 Å². The first kappa shape index (κ1) is 18.5. The van der Waals surface area contributed by atoms with Gasteiger partial charge in [0.1, 0.15) is 5.82 Å². The van der Waals surface area contributed by atoms with E-state index in [0.717, 1.165) is 4.68 Å². The van der Waals surface area contributed by atoms with E-state index in [1.165, 1.54) is 26.2 Å². The average molecular weight is 387 g/mol. The Bertz CT molecular complexity index is 1080. The zero-order valence-electron chi connectivity index (χ0n) is 14.5. The van der Waals surface area contributed by atoms with Gasteiger partial charge in [0, 0.05) is 18.6 Å². The molecular weight excluding hydrogens is 372 g/mol. The number of carbonyl (C=O) groups excluding carboxylic acids is 2. The average Bonchev–Trinajstić information content (AvgIpc) is 2.66. The first-order valence-corrected chi connectivity index (χ1v) is 8.34. The zero-order chi connectivity index (χ0) is 19.6. The van der Waals surface area contributed by atoms with Crippen molar-refractivity contribution in [2.24, 2.45) is 7.05 Å². The summed E-state index contributed by atoms with van der Waals surface area (Å²) in [7, 11) is 1.44. The first-order chi connectivity index (χ1) is 12.9. The molecule has 0 saturated heterocycles. The predicted molar refractivity (Wildman–Crippen MR) is 99.7 cm³/mol. The molecule has 0 aliphatic heterocycles. The van der Waals surface area contributed by atoms with Crippen molar-refractivity contribution in [3.63, 3.8) is 0 Å². The molecule has 0 aliphatic rings. The van der Waals surface area contributed by atoms with Crippen molar-refractivity contribution < 1.29 is 14.3 Å². The van der Waals surface area contributed by atoms with E-state index in [2.05, 4.69) is 15.4 Å². The quantitative estimate of drug-likeness (QED) is 0.689. The fraction of sp³-hybridized carbons (Fsp3) is 0.167. The molecule has 0 fully saturated rings. The van der Waals surface area contributed by atoms with Crippen molar-refractivity contribution in [2.75, 3.05) is 5.32 Å². The molecule has 2 aromatic heterocycles. The van der Waals surface area contributed by atoms with Crippen LogP contribution in [0.15, 0.2) is 47.4 Å². The number of pyridine rings is 1. The van der Waals surface area contributed by atoms with Crippen LogP contribution in [0, 0.1) is 0 Å². The highest BCUT2D eigenvalue weighted by molar-refractivity contribution is 6.30. The van der Waals surface area contributed by atoms with Crippen molar-refractivity contribution in [3.8, 4) is 0 Å². The minimum Gasteiger partial charge on any atom is -0.448 e. The number of aryl methyl sites for hydroxylation is 1. The fourth-order valence-electron chi connectivity index (χ4n) is 2.40. The predicted octanol–water partition coefficient (Wildman–Crippen LogP) is 2.17. The Morgan fingerprint density at radius 2 is 1.89 bits per heavy atom. The third-order valence-corrected chi connectivity index (χ3v) is 4.01. The summed E-state index contributed by atoms with van der Waals surface area (Å²) in [6.45, 7) is 1.42. The highest BCUT2D eigenvalue weighted by Gasteiger charge is 2.23. The SMILES string of the molecule is C[C@@H](OC(=O)c1nn(C)c(=O)c2ccccc12)C(=O)Nc1ccc(Cl)cn1. The highest BCUT2D eigenvalue weighted by atomic mass is 35.5. The molecule has 1 amide bonds. The molecule has 0 aliphatic carbocycles. The largest absolute Gasteiger partial charge is 0.448 e. The number of anilines is 1. The summed E-state index contributed by atoms with van der Waals surface area (Å²) in [4.78, 5) is 40.8. The molecule has 138 valence electrons. The molecule has 0 radical (unpaired) electrons. The maximum absolute atomic E-state index is 12.5. The van der Waals surface area contributed by atoms with E-state index in [-0.39, 0.29) is 17.1 Å². The smallest absolute Gasteiger partial charge is 0.360 e. The zero-order valence-corrected chi connectivity index (χ0v) is 15.2. The molecule has 27 heavy (non-hydrogen) atoms. The summed E-state index contributed by atoms with van der Waals surface area (Å²) in [5.74, 6) is -1.10. The van der Waals surface area contributed by atoms with Gasteiger partial charge in [0.25, 0.3) is 11.5 Å². The van der Waals surface area contributed by atoms with Gasteiger partial charge in [-0.05, 0) is 25.1 Å². The number of halogens is 1. The molecule has 0 unspecified atom stereocenters. The van der Waals surface area contributed by atoms with Gasteiger partial charge >= 0.3 is 5.97 Å². The summed E-state index contributed by atoms with van der Waals surface area (Å²) in [6.07, 6.45) is 0.279. The van der Waals surface area contributed by atoms with E-state index in [0.29, 0.717) is 15.8 Å². The number of benzene rings is 1. The van der Waals surface area contributed by atoms with Crippen molar-refractivity contribution in [1.29, 1.82) is 0 Å². The number of rotatable bonds is 4. The van der Waals surface area contributed by atoms with Crippen LogP contribution in [0.2, 0.25) is 5.02 Å². The molecule has 0 bridgehead atoms. The van der Waals surface area contributed by atoms with E-state index in [1.54, 1.807) is 30.3 Å². The summed E-state index contributed by atoms with van der Waals surface area (Å²) in [5.41, 5.74) is -0.376. The van der Waals surface area contributed by atoms with E-state index in [4.69, 9.17) is 16.3 Å². The number of nitrogens with one attached hydrogen (secondary N) is 1. The van der Waals surface area contributed by atoms with Gasteiger partial charge in [0.2, 0.25) is 0 Å². The molecule has 8 nitrogen and oxygen atoms in total. The van der Waals surface area contributed by atoms with Gasteiger partial charge in [-0.1, -0.05) is 29.8 Å².